The lowest BCUT2D eigenvalue weighted by Crippen LogP contribution is -2.07. The molecule has 0 aliphatic carbocycles. The zero-order valence-corrected chi connectivity index (χ0v) is 25.2. The second-order valence-corrected chi connectivity index (χ2v) is 11.2. The van der Waals surface area contributed by atoms with Gasteiger partial charge in [-0.3, -0.25) is 4.52 Å². The molecule has 13 heteroatoms. The van der Waals surface area contributed by atoms with Gasteiger partial charge in [0, 0.05) is 59.5 Å². The molecule has 42 heavy (non-hydrogen) atoms. The molecule has 5 rings (SSSR count). The molecule has 0 N–H and O–H groups in total. The van der Waals surface area contributed by atoms with Crippen molar-refractivity contribution in [1.29, 1.82) is 0 Å². The molecule has 4 aromatic heterocycles. The smallest absolute Gasteiger partial charge is 0.408 e. The van der Waals surface area contributed by atoms with Crippen molar-refractivity contribution >= 4 is 29.0 Å². The van der Waals surface area contributed by atoms with Gasteiger partial charge in [0.25, 0.3) is 0 Å². The summed E-state index contributed by atoms with van der Waals surface area (Å²) in [6, 6.07) is 25.4. The van der Waals surface area contributed by atoms with Crippen LogP contribution in [-0.4, -0.2) is 26.2 Å². The van der Waals surface area contributed by atoms with Gasteiger partial charge in [0.05, 0.1) is 6.61 Å². The van der Waals surface area contributed by atoms with E-state index >= 15 is 0 Å². The van der Waals surface area contributed by atoms with Crippen LogP contribution >= 0.6 is 29.0 Å². The van der Waals surface area contributed by atoms with Crippen molar-refractivity contribution in [3.63, 3.8) is 0 Å². The lowest BCUT2D eigenvalue weighted by molar-refractivity contribution is 0.249. The van der Waals surface area contributed by atoms with Crippen molar-refractivity contribution in [3.05, 3.63) is 121 Å². The number of aromatic nitrogens is 4. The average molecular weight is 621 g/mol. The van der Waals surface area contributed by atoms with Crippen LogP contribution in [0.2, 0.25) is 0 Å². The molecule has 1 aromatic carbocycles. The van der Waals surface area contributed by atoms with Crippen molar-refractivity contribution in [1.82, 2.24) is 19.9 Å². The van der Waals surface area contributed by atoms with E-state index in [0.717, 1.165) is 16.0 Å². The highest BCUT2D eigenvalue weighted by molar-refractivity contribution is 7.98. The molecule has 0 unspecified atom stereocenters. The maximum Gasteiger partial charge on any atom is 0.532 e. The van der Waals surface area contributed by atoms with Crippen molar-refractivity contribution in [2.75, 3.05) is 6.26 Å². The van der Waals surface area contributed by atoms with Gasteiger partial charge < -0.3 is 22.6 Å². The predicted octanol–water partition coefficient (Wildman–Crippen LogP) is 7.96. The molecule has 214 valence electrons. The third kappa shape index (κ3) is 8.74. The maximum absolute atomic E-state index is 6.40. The van der Waals surface area contributed by atoms with E-state index in [0.29, 0.717) is 29.3 Å². The predicted molar refractivity (Wildman–Crippen MR) is 162 cm³/mol. The first-order valence-electron chi connectivity index (χ1n) is 12.6. The van der Waals surface area contributed by atoms with E-state index in [1.807, 2.05) is 49.6 Å². The van der Waals surface area contributed by atoms with Crippen molar-refractivity contribution in [2.45, 2.75) is 18.4 Å². The summed E-state index contributed by atoms with van der Waals surface area (Å²) < 4.78 is 36.6. The first-order valence-corrected chi connectivity index (χ1v) is 16.0. The third-order valence-electron chi connectivity index (χ3n) is 5.28. The van der Waals surface area contributed by atoms with E-state index < -0.39 is 17.2 Å². The second-order valence-electron chi connectivity index (χ2n) is 8.28. The molecule has 0 bridgehead atoms. The van der Waals surface area contributed by atoms with Crippen LogP contribution in [0.4, 0.5) is 0 Å². The van der Waals surface area contributed by atoms with Gasteiger partial charge in [-0.15, -0.1) is 11.8 Å². The topological polar surface area (TPSA) is 107 Å². The quantitative estimate of drug-likeness (QED) is 0.0891. The zero-order valence-electron chi connectivity index (χ0n) is 22.6. The Morgan fingerprint density at radius 2 is 1.05 bits per heavy atom. The minimum atomic E-state index is -2.01. The van der Waals surface area contributed by atoms with E-state index in [9.17, 15) is 0 Å². The number of hydrogen-bond donors (Lipinski definition) is 0. The van der Waals surface area contributed by atoms with Gasteiger partial charge in [-0.25, -0.2) is 19.9 Å². The van der Waals surface area contributed by atoms with Gasteiger partial charge in [0.15, 0.2) is 0 Å². The molecule has 0 spiro atoms. The molecule has 0 saturated heterocycles. The normalized spacial score (nSPS) is 10.9. The standard InChI is InChI=1S/C29H26N4O6P2S/c1-22-19-24(42-2)20-23(21-34-40(35-25-11-3-7-15-30-25)36-26-12-4-8-16-31-26)29(22)39-41(37-27-13-5-9-17-32-27)38-28-14-6-10-18-33-28/h3-20H,21H2,1-2H3. The highest BCUT2D eigenvalue weighted by atomic mass is 32.2. The summed E-state index contributed by atoms with van der Waals surface area (Å²) in [5, 5.41) is 0. The summed E-state index contributed by atoms with van der Waals surface area (Å²) in [4.78, 5) is 18.0. The van der Waals surface area contributed by atoms with Crippen LogP contribution in [0.15, 0.2) is 115 Å². The fourth-order valence-electron chi connectivity index (χ4n) is 3.40. The number of thioether (sulfide) groups is 1. The Hall–Kier alpha value is -4.01. The van der Waals surface area contributed by atoms with Crippen molar-refractivity contribution in [2.24, 2.45) is 0 Å². The lowest BCUT2D eigenvalue weighted by Gasteiger charge is -2.21. The molecular weight excluding hydrogens is 594 g/mol. The fourth-order valence-corrected chi connectivity index (χ4v) is 5.91. The van der Waals surface area contributed by atoms with Crippen LogP contribution in [-0.2, 0) is 11.1 Å². The molecule has 0 saturated carbocycles. The summed E-state index contributed by atoms with van der Waals surface area (Å²) in [6.45, 7) is 2.04. The van der Waals surface area contributed by atoms with E-state index in [4.69, 9.17) is 27.1 Å². The Bertz CT molecular complexity index is 1450. The monoisotopic (exact) mass is 620 g/mol. The van der Waals surface area contributed by atoms with Crippen LogP contribution in [0.1, 0.15) is 11.1 Å². The Morgan fingerprint density at radius 1 is 0.595 bits per heavy atom. The van der Waals surface area contributed by atoms with Gasteiger partial charge in [-0.05, 0) is 55.1 Å². The summed E-state index contributed by atoms with van der Waals surface area (Å²) in [5.41, 5.74) is 1.60. The Balaban J connectivity index is 1.40. The van der Waals surface area contributed by atoms with Crippen molar-refractivity contribution < 1.29 is 27.1 Å². The van der Waals surface area contributed by atoms with Gasteiger partial charge in [-0.2, -0.15) is 0 Å². The lowest BCUT2D eigenvalue weighted by atomic mass is 10.1. The van der Waals surface area contributed by atoms with Crippen LogP contribution < -0.4 is 22.6 Å². The minimum Gasteiger partial charge on any atom is -0.408 e. The SMILES string of the molecule is CSc1cc(C)c(OP(Oc2ccccn2)Oc2ccccn2)c(COP(Oc2ccccn2)Oc2ccccn2)c1. The largest absolute Gasteiger partial charge is 0.532 e. The molecule has 5 aromatic rings. The Kier molecular flexibility index (Phi) is 10.7. The number of benzene rings is 1. The van der Waals surface area contributed by atoms with E-state index in [1.165, 1.54) is 0 Å². The summed E-state index contributed by atoms with van der Waals surface area (Å²) in [7, 11) is -3.94. The molecular formula is C29H26N4O6P2S. The van der Waals surface area contributed by atoms with E-state index in [1.54, 1.807) is 85.1 Å². The second kappa shape index (κ2) is 15.3. The zero-order chi connectivity index (χ0) is 29.0. The number of hydrogen-bond acceptors (Lipinski definition) is 11. The van der Waals surface area contributed by atoms with Crippen molar-refractivity contribution in [3.8, 4) is 29.3 Å². The molecule has 0 aliphatic heterocycles. The minimum absolute atomic E-state index is 0.0896. The third-order valence-corrected chi connectivity index (χ3v) is 8.00. The molecule has 0 fully saturated rings. The van der Waals surface area contributed by atoms with E-state index in [2.05, 4.69) is 19.9 Å². The number of rotatable bonds is 14. The molecule has 0 atom stereocenters. The molecule has 10 nitrogen and oxygen atoms in total. The number of pyridine rings is 4. The highest BCUT2D eigenvalue weighted by Gasteiger charge is 2.26. The average Bonchev–Trinajstić information content (AvgIpc) is 3.03. The van der Waals surface area contributed by atoms with Gasteiger partial charge in [0.1, 0.15) is 5.75 Å². The fraction of sp³-hybridized carbons (Fsp3) is 0.103. The molecule has 0 amide bonds. The molecule has 4 heterocycles. The van der Waals surface area contributed by atoms with Gasteiger partial charge in [-0.1, -0.05) is 24.3 Å². The summed E-state index contributed by atoms with van der Waals surface area (Å²) in [5.74, 6) is 1.97. The van der Waals surface area contributed by atoms with E-state index in [-0.39, 0.29) is 6.61 Å². The van der Waals surface area contributed by atoms with Gasteiger partial charge >= 0.3 is 17.2 Å². The summed E-state index contributed by atoms with van der Waals surface area (Å²) >= 11 is 1.60. The van der Waals surface area contributed by atoms with Crippen LogP contribution in [0.25, 0.3) is 0 Å². The van der Waals surface area contributed by atoms with Crippen LogP contribution in [0, 0.1) is 6.92 Å². The van der Waals surface area contributed by atoms with Crippen LogP contribution in [0.3, 0.4) is 0 Å². The number of aryl methyl sites for hydroxylation is 1. The Labute approximate surface area is 250 Å². The van der Waals surface area contributed by atoms with Gasteiger partial charge in [0.2, 0.25) is 23.5 Å². The molecule has 0 aliphatic rings. The molecule has 0 radical (unpaired) electrons. The maximum atomic E-state index is 6.40. The Morgan fingerprint density at radius 3 is 1.45 bits per heavy atom. The first-order chi connectivity index (χ1) is 20.7. The first kappa shape index (κ1) is 29.5. The van der Waals surface area contributed by atoms with Crippen LogP contribution in [0.5, 0.6) is 29.3 Å². The number of nitrogens with zero attached hydrogens (tertiary/aromatic N) is 4. The highest BCUT2D eigenvalue weighted by Crippen LogP contribution is 2.46. The summed E-state index contributed by atoms with van der Waals surface area (Å²) in [6.07, 6.45) is 8.53.